The van der Waals surface area contributed by atoms with Crippen molar-refractivity contribution in [1.29, 1.82) is 0 Å². The number of hydrogen-bond donors (Lipinski definition) is 1. The van der Waals surface area contributed by atoms with E-state index in [1.165, 1.54) is 6.08 Å². The van der Waals surface area contributed by atoms with Crippen molar-refractivity contribution in [2.24, 2.45) is 0 Å². The molecular weight excluding hydrogens is 421 g/mol. The summed E-state index contributed by atoms with van der Waals surface area (Å²) in [5.74, 6) is 0.947. The van der Waals surface area contributed by atoms with E-state index in [1.54, 1.807) is 25.3 Å². The first-order valence-electron chi connectivity index (χ1n) is 9.25. The lowest BCUT2D eigenvalue weighted by molar-refractivity contribution is -0.111. The predicted octanol–water partition coefficient (Wildman–Crippen LogP) is 6.54. The van der Waals surface area contributed by atoms with Gasteiger partial charge in [-0.3, -0.25) is 4.79 Å². The van der Waals surface area contributed by atoms with Gasteiger partial charge in [0.05, 0.1) is 7.11 Å². The molecule has 1 amide bonds. The van der Waals surface area contributed by atoms with E-state index in [1.807, 2.05) is 55.5 Å². The molecule has 0 heterocycles. The molecule has 1 N–H and O–H groups in total. The lowest BCUT2D eigenvalue weighted by Crippen LogP contribution is -2.08. The molecule has 0 spiro atoms. The van der Waals surface area contributed by atoms with Crippen LogP contribution in [0.4, 0.5) is 5.69 Å². The summed E-state index contributed by atoms with van der Waals surface area (Å²) < 4.78 is 11.3. The monoisotopic (exact) mass is 441 g/mol. The average Bonchev–Trinajstić information content (AvgIpc) is 2.74. The number of hydrogen-bond acceptors (Lipinski definition) is 3. The molecule has 3 rings (SSSR count). The minimum atomic E-state index is -0.248. The Morgan fingerprint density at radius 3 is 2.43 bits per heavy atom. The van der Waals surface area contributed by atoms with E-state index < -0.39 is 0 Å². The van der Waals surface area contributed by atoms with Gasteiger partial charge in [0.15, 0.2) is 11.5 Å². The Kier molecular flexibility index (Phi) is 7.39. The summed E-state index contributed by atoms with van der Waals surface area (Å²) in [5.41, 5.74) is 3.42. The number of methoxy groups -OCH3 is 1. The van der Waals surface area contributed by atoms with Crippen molar-refractivity contribution < 1.29 is 14.3 Å². The van der Waals surface area contributed by atoms with Gasteiger partial charge in [-0.15, -0.1) is 0 Å². The minimum absolute atomic E-state index is 0.248. The van der Waals surface area contributed by atoms with Crippen LogP contribution < -0.4 is 14.8 Å². The second-order valence-electron chi connectivity index (χ2n) is 6.61. The molecule has 6 heteroatoms. The van der Waals surface area contributed by atoms with Gasteiger partial charge in [0, 0.05) is 21.8 Å². The highest BCUT2D eigenvalue weighted by molar-refractivity contribution is 6.31. The van der Waals surface area contributed by atoms with Gasteiger partial charge in [0.1, 0.15) is 6.61 Å². The average molecular weight is 442 g/mol. The zero-order chi connectivity index (χ0) is 21.5. The summed E-state index contributed by atoms with van der Waals surface area (Å²) in [6, 6.07) is 18.3. The Bertz CT molecular complexity index is 1060. The summed E-state index contributed by atoms with van der Waals surface area (Å²) in [7, 11) is 1.58. The fourth-order valence-electron chi connectivity index (χ4n) is 2.72. The first kappa shape index (κ1) is 21.8. The van der Waals surface area contributed by atoms with Gasteiger partial charge in [0.25, 0.3) is 0 Å². The molecule has 0 aromatic heterocycles. The summed E-state index contributed by atoms with van der Waals surface area (Å²) in [6.07, 6.45) is 3.17. The van der Waals surface area contributed by atoms with Crippen molar-refractivity contribution in [2.45, 2.75) is 13.5 Å². The normalized spacial score (nSPS) is 10.8. The van der Waals surface area contributed by atoms with Gasteiger partial charge in [-0.2, -0.15) is 0 Å². The fourth-order valence-corrected chi connectivity index (χ4v) is 3.02. The van der Waals surface area contributed by atoms with Crippen LogP contribution in [0.2, 0.25) is 10.0 Å². The minimum Gasteiger partial charge on any atom is -0.493 e. The number of aryl methyl sites for hydroxylation is 1. The Labute approximate surface area is 186 Å². The molecule has 154 valence electrons. The van der Waals surface area contributed by atoms with E-state index in [4.69, 9.17) is 32.7 Å². The Balaban J connectivity index is 1.65. The molecule has 0 aliphatic heterocycles. The van der Waals surface area contributed by atoms with E-state index in [0.717, 1.165) is 16.7 Å². The largest absolute Gasteiger partial charge is 0.493 e. The standard InChI is InChI=1S/C24H21Cl2NO3/c1-16-3-8-20(26)14-21(16)27-24(28)12-7-17-6-11-22(23(13-17)29-2)30-15-18-4-9-19(25)10-5-18/h3-14H,15H2,1-2H3,(H,27,28). The van der Waals surface area contributed by atoms with E-state index in [0.29, 0.717) is 33.8 Å². The van der Waals surface area contributed by atoms with Crippen molar-refractivity contribution in [1.82, 2.24) is 0 Å². The van der Waals surface area contributed by atoms with E-state index in [2.05, 4.69) is 5.32 Å². The number of carbonyl (C=O) groups is 1. The number of ether oxygens (including phenoxy) is 2. The number of benzene rings is 3. The smallest absolute Gasteiger partial charge is 0.248 e. The zero-order valence-electron chi connectivity index (χ0n) is 16.6. The number of carbonyl (C=O) groups excluding carboxylic acids is 1. The van der Waals surface area contributed by atoms with Crippen molar-refractivity contribution >= 4 is 40.9 Å². The van der Waals surface area contributed by atoms with Crippen LogP contribution in [0.5, 0.6) is 11.5 Å². The molecular formula is C24H21Cl2NO3. The van der Waals surface area contributed by atoms with Crippen LogP contribution in [0.1, 0.15) is 16.7 Å². The molecule has 30 heavy (non-hydrogen) atoms. The van der Waals surface area contributed by atoms with Crippen LogP contribution in [0.15, 0.2) is 66.7 Å². The predicted molar refractivity (Wildman–Crippen MR) is 123 cm³/mol. The van der Waals surface area contributed by atoms with Crippen LogP contribution in [0, 0.1) is 6.92 Å². The third-order valence-electron chi connectivity index (χ3n) is 4.38. The third-order valence-corrected chi connectivity index (χ3v) is 4.87. The molecule has 0 saturated carbocycles. The zero-order valence-corrected chi connectivity index (χ0v) is 18.1. The van der Waals surface area contributed by atoms with Crippen molar-refractivity contribution in [2.75, 3.05) is 12.4 Å². The molecule has 3 aromatic carbocycles. The number of nitrogens with one attached hydrogen (secondary N) is 1. The van der Waals surface area contributed by atoms with Crippen LogP contribution in [-0.2, 0) is 11.4 Å². The fraction of sp³-hybridized carbons (Fsp3) is 0.125. The number of amides is 1. The summed E-state index contributed by atoms with van der Waals surface area (Å²) >= 11 is 11.9. The van der Waals surface area contributed by atoms with Gasteiger partial charge >= 0.3 is 0 Å². The highest BCUT2D eigenvalue weighted by Crippen LogP contribution is 2.29. The molecule has 3 aromatic rings. The van der Waals surface area contributed by atoms with Crippen molar-refractivity contribution in [3.63, 3.8) is 0 Å². The molecule has 0 aliphatic rings. The summed E-state index contributed by atoms with van der Waals surface area (Å²) in [6.45, 7) is 2.30. The van der Waals surface area contributed by atoms with Gasteiger partial charge < -0.3 is 14.8 Å². The van der Waals surface area contributed by atoms with Crippen LogP contribution >= 0.6 is 23.2 Å². The second-order valence-corrected chi connectivity index (χ2v) is 7.48. The first-order valence-corrected chi connectivity index (χ1v) is 10.0. The molecule has 0 atom stereocenters. The molecule has 0 bridgehead atoms. The van der Waals surface area contributed by atoms with Crippen LogP contribution in [0.25, 0.3) is 6.08 Å². The molecule has 0 unspecified atom stereocenters. The number of rotatable bonds is 7. The lowest BCUT2D eigenvalue weighted by atomic mass is 10.1. The number of anilines is 1. The molecule has 4 nitrogen and oxygen atoms in total. The molecule has 0 radical (unpaired) electrons. The summed E-state index contributed by atoms with van der Waals surface area (Å²) in [5, 5.41) is 4.08. The van der Waals surface area contributed by atoms with Gasteiger partial charge in [0.2, 0.25) is 5.91 Å². The van der Waals surface area contributed by atoms with Gasteiger partial charge in [-0.1, -0.05) is 47.5 Å². The van der Waals surface area contributed by atoms with Crippen LogP contribution in [0.3, 0.4) is 0 Å². The molecule has 0 fully saturated rings. The maximum Gasteiger partial charge on any atom is 0.248 e. The van der Waals surface area contributed by atoms with E-state index in [-0.39, 0.29) is 5.91 Å². The Morgan fingerprint density at radius 1 is 0.967 bits per heavy atom. The van der Waals surface area contributed by atoms with E-state index in [9.17, 15) is 4.79 Å². The van der Waals surface area contributed by atoms with Crippen LogP contribution in [-0.4, -0.2) is 13.0 Å². The third kappa shape index (κ3) is 6.02. The second kappa shape index (κ2) is 10.2. The quantitative estimate of drug-likeness (QED) is 0.423. The maximum atomic E-state index is 12.2. The highest BCUT2D eigenvalue weighted by Gasteiger charge is 2.07. The van der Waals surface area contributed by atoms with Crippen molar-refractivity contribution in [3.8, 4) is 11.5 Å². The van der Waals surface area contributed by atoms with Crippen molar-refractivity contribution in [3.05, 3.63) is 93.5 Å². The SMILES string of the molecule is COc1cc(C=CC(=O)Nc2cc(Cl)ccc2C)ccc1OCc1ccc(Cl)cc1. The maximum absolute atomic E-state index is 12.2. The lowest BCUT2D eigenvalue weighted by Gasteiger charge is -2.11. The molecule has 0 aliphatic carbocycles. The Hall–Kier alpha value is -2.95. The Morgan fingerprint density at radius 2 is 1.70 bits per heavy atom. The summed E-state index contributed by atoms with van der Waals surface area (Å²) in [4.78, 5) is 12.2. The van der Waals surface area contributed by atoms with E-state index >= 15 is 0 Å². The first-order chi connectivity index (χ1) is 14.4. The number of halogens is 2. The molecule has 0 saturated heterocycles. The van der Waals surface area contributed by atoms with Gasteiger partial charge in [-0.25, -0.2) is 0 Å². The van der Waals surface area contributed by atoms with Gasteiger partial charge in [-0.05, 0) is 66.1 Å². The topological polar surface area (TPSA) is 47.6 Å². The highest BCUT2D eigenvalue weighted by atomic mass is 35.5.